The zero-order valence-corrected chi connectivity index (χ0v) is 12.7. The zero-order chi connectivity index (χ0) is 16.7. The predicted molar refractivity (Wildman–Crippen MR) is 80.2 cm³/mol. The molecule has 2 atom stereocenters. The first-order valence-electron chi connectivity index (χ1n) is 6.84. The summed E-state index contributed by atoms with van der Waals surface area (Å²) in [5.74, 6) is -1.25. The van der Waals surface area contributed by atoms with E-state index in [-0.39, 0.29) is 4.90 Å². The lowest BCUT2D eigenvalue weighted by atomic mass is 10.0. The second-order valence-electron chi connectivity index (χ2n) is 5.40. The Morgan fingerprint density at radius 1 is 0.957 bits per heavy atom. The van der Waals surface area contributed by atoms with Gasteiger partial charge in [0.05, 0.1) is 17.0 Å². The van der Waals surface area contributed by atoms with Gasteiger partial charge in [-0.25, -0.2) is 12.8 Å². The Labute approximate surface area is 133 Å². The maximum atomic E-state index is 13.1. The van der Waals surface area contributed by atoms with Crippen molar-refractivity contribution in [2.75, 3.05) is 0 Å². The molecule has 1 aliphatic carbocycles. The Morgan fingerprint density at radius 2 is 1.52 bits per heavy atom. The van der Waals surface area contributed by atoms with Crippen LogP contribution in [0.25, 0.3) is 0 Å². The summed E-state index contributed by atoms with van der Waals surface area (Å²) in [5, 5.41) is 17.7. The van der Waals surface area contributed by atoms with Gasteiger partial charge in [-0.05, 0) is 29.8 Å². The molecular weight excluding hydrogens is 315 g/mol. The molecule has 0 spiro atoms. The van der Waals surface area contributed by atoms with Crippen molar-refractivity contribution in [3.8, 4) is 12.1 Å². The summed E-state index contributed by atoms with van der Waals surface area (Å²) in [5.41, 5.74) is -1.18. The van der Waals surface area contributed by atoms with Crippen molar-refractivity contribution in [2.45, 2.75) is 16.1 Å². The Morgan fingerprint density at radius 3 is 2.04 bits per heavy atom. The van der Waals surface area contributed by atoms with E-state index in [9.17, 15) is 23.3 Å². The largest absolute Gasteiger partial charge is 0.223 e. The Balaban J connectivity index is 2.10. The average molecular weight is 326 g/mol. The molecule has 3 rings (SSSR count). The van der Waals surface area contributed by atoms with E-state index >= 15 is 0 Å². The monoisotopic (exact) mass is 326 g/mol. The fourth-order valence-corrected chi connectivity index (χ4v) is 5.16. The summed E-state index contributed by atoms with van der Waals surface area (Å²) in [4.78, 5) is 0.0736. The van der Waals surface area contributed by atoms with Crippen LogP contribution in [-0.2, 0) is 9.84 Å². The molecule has 2 aromatic carbocycles. The molecule has 0 unspecified atom stereocenters. The summed E-state index contributed by atoms with van der Waals surface area (Å²) < 4.78 is 38.7. The van der Waals surface area contributed by atoms with Gasteiger partial charge in [0, 0.05) is 5.92 Å². The number of hydrogen-bond donors (Lipinski definition) is 0. The van der Waals surface area contributed by atoms with Crippen molar-refractivity contribution >= 4 is 9.84 Å². The third-order valence-corrected chi connectivity index (χ3v) is 6.38. The van der Waals surface area contributed by atoms with E-state index in [0.29, 0.717) is 5.56 Å². The van der Waals surface area contributed by atoms with Gasteiger partial charge in [-0.3, -0.25) is 0 Å². The number of benzene rings is 2. The first-order valence-corrected chi connectivity index (χ1v) is 8.39. The SMILES string of the molecule is N#CC1(C#N)[C@@H](c2ccc(F)cc2)[C@@H]1S(=O)(=O)c1ccccc1. The van der Waals surface area contributed by atoms with Crippen LogP contribution in [-0.4, -0.2) is 13.7 Å². The Bertz CT molecular complexity index is 911. The van der Waals surface area contributed by atoms with Crippen LogP contribution in [0.2, 0.25) is 0 Å². The molecule has 1 saturated carbocycles. The highest BCUT2D eigenvalue weighted by atomic mass is 32.2. The van der Waals surface area contributed by atoms with Gasteiger partial charge in [-0.2, -0.15) is 10.5 Å². The summed E-state index contributed by atoms with van der Waals surface area (Å²) >= 11 is 0. The number of halogens is 1. The normalized spacial score (nSPS) is 21.9. The second kappa shape index (κ2) is 5.19. The van der Waals surface area contributed by atoms with Crippen molar-refractivity contribution < 1.29 is 12.8 Å². The lowest BCUT2D eigenvalue weighted by Crippen LogP contribution is -2.14. The topological polar surface area (TPSA) is 81.7 Å². The summed E-state index contributed by atoms with van der Waals surface area (Å²) in [7, 11) is -3.84. The molecule has 0 N–H and O–H groups in total. The van der Waals surface area contributed by atoms with Crippen LogP contribution < -0.4 is 0 Å². The van der Waals surface area contributed by atoms with E-state index in [1.54, 1.807) is 18.2 Å². The van der Waals surface area contributed by atoms with Crippen molar-refractivity contribution in [1.29, 1.82) is 10.5 Å². The lowest BCUT2D eigenvalue weighted by molar-refractivity contribution is 0.591. The molecule has 0 amide bonds. The standard InChI is InChI=1S/C17H11FN2O2S/c18-13-8-6-12(7-9-13)15-16(17(15,10-19)11-20)23(21,22)14-4-2-1-3-5-14/h1-9,15-16H/t15-,16-/m0/s1. The highest BCUT2D eigenvalue weighted by molar-refractivity contribution is 7.92. The van der Waals surface area contributed by atoms with E-state index in [4.69, 9.17) is 0 Å². The maximum absolute atomic E-state index is 13.1. The first kappa shape index (κ1) is 15.2. The molecule has 0 heterocycles. The van der Waals surface area contributed by atoms with Gasteiger partial charge >= 0.3 is 0 Å². The molecule has 114 valence electrons. The fraction of sp³-hybridized carbons (Fsp3) is 0.176. The smallest absolute Gasteiger partial charge is 0.184 e. The molecule has 1 fully saturated rings. The maximum Gasteiger partial charge on any atom is 0.184 e. The van der Waals surface area contributed by atoms with Crippen LogP contribution in [0.5, 0.6) is 0 Å². The van der Waals surface area contributed by atoms with Gasteiger partial charge < -0.3 is 0 Å². The minimum atomic E-state index is -3.84. The molecule has 1 aliphatic rings. The summed E-state index contributed by atoms with van der Waals surface area (Å²) in [6.45, 7) is 0. The van der Waals surface area contributed by atoms with E-state index in [0.717, 1.165) is 0 Å². The van der Waals surface area contributed by atoms with Crippen LogP contribution in [0.3, 0.4) is 0 Å². The molecule has 0 saturated heterocycles. The van der Waals surface area contributed by atoms with Crippen molar-refractivity contribution in [3.63, 3.8) is 0 Å². The summed E-state index contributed by atoms with van der Waals surface area (Å²) in [6, 6.07) is 16.7. The molecule has 0 aromatic heterocycles. The van der Waals surface area contributed by atoms with Crippen LogP contribution in [0.15, 0.2) is 59.5 Å². The minimum absolute atomic E-state index is 0.0736. The van der Waals surface area contributed by atoms with Gasteiger partial charge in [0.15, 0.2) is 15.3 Å². The minimum Gasteiger partial charge on any atom is -0.223 e. The molecule has 2 aromatic rings. The van der Waals surface area contributed by atoms with Crippen molar-refractivity contribution in [3.05, 3.63) is 66.0 Å². The van der Waals surface area contributed by atoms with Crippen LogP contribution >= 0.6 is 0 Å². The molecule has 0 radical (unpaired) electrons. The lowest BCUT2D eigenvalue weighted by Gasteiger charge is -2.03. The van der Waals surface area contributed by atoms with Crippen LogP contribution in [0.1, 0.15) is 11.5 Å². The molecule has 0 aliphatic heterocycles. The predicted octanol–water partition coefficient (Wildman–Crippen LogP) is 2.80. The van der Waals surface area contributed by atoms with E-state index in [2.05, 4.69) is 0 Å². The molecule has 6 heteroatoms. The highest BCUT2D eigenvalue weighted by Gasteiger charge is 2.73. The molecule has 4 nitrogen and oxygen atoms in total. The quantitative estimate of drug-likeness (QED) is 0.868. The molecule has 23 heavy (non-hydrogen) atoms. The van der Waals surface area contributed by atoms with Gasteiger partial charge in [-0.15, -0.1) is 0 Å². The fourth-order valence-electron chi connectivity index (χ4n) is 2.94. The third kappa shape index (κ3) is 2.19. The van der Waals surface area contributed by atoms with E-state index in [1.165, 1.54) is 36.4 Å². The number of nitriles is 2. The number of rotatable bonds is 3. The van der Waals surface area contributed by atoms with Gasteiger partial charge in [0.1, 0.15) is 11.1 Å². The number of nitrogens with zero attached hydrogens (tertiary/aromatic N) is 2. The van der Waals surface area contributed by atoms with Crippen LogP contribution in [0.4, 0.5) is 4.39 Å². The highest BCUT2D eigenvalue weighted by Crippen LogP contribution is 2.63. The van der Waals surface area contributed by atoms with Crippen LogP contribution in [0, 0.1) is 33.9 Å². The third-order valence-electron chi connectivity index (χ3n) is 4.14. The first-order chi connectivity index (χ1) is 11.0. The van der Waals surface area contributed by atoms with E-state index in [1.807, 2.05) is 12.1 Å². The van der Waals surface area contributed by atoms with Gasteiger partial charge in [-0.1, -0.05) is 30.3 Å². The molecular formula is C17H11FN2O2S. The molecule has 0 bridgehead atoms. The second-order valence-corrected chi connectivity index (χ2v) is 7.47. The van der Waals surface area contributed by atoms with Gasteiger partial charge in [0.25, 0.3) is 0 Å². The van der Waals surface area contributed by atoms with Crippen molar-refractivity contribution in [2.24, 2.45) is 5.41 Å². The summed E-state index contributed by atoms with van der Waals surface area (Å²) in [6.07, 6.45) is 0. The zero-order valence-electron chi connectivity index (χ0n) is 11.8. The Hall–Kier alpha value is -2.70. The average Bonchev–Trinajstić information content (AvgIpc) is 3.27. The number of sulfone groups is 1. The van der Waals surface area contributed by atoms with Crippen molar-refractivity contribution in [1.82, 2.24) is 0 Å². The van der Waals surface area contributed by atoms with Gasteiger partial charge in [0.2, 0.25) is 0 Å². The number of hydrogen-bond acceptors (Lipinski definition) is 4. The Kier molecular flexibility index (Phi) is 3.43. The van der Waals surface area contributed by atoms with E-state index < -0.39 is 32.2 Å².